The van der Waals surface area contributed by atoms with Gasteiger partial charge in [0.15, 0.2) is 0 Å². The molecule has 6 nitrogen and oxygen atoms in total. The van der Waals surface area contributed by atoms with Gasteiger partial charge in [-0.05, 0) is 18.1 Å². The molecule has 108 valence electrons. The Labute approximate surface area is 117 Å². The van der Waals surface area contributed by atoms with Crippen LogP contribution in [-0.2, 0) is 9.59 Å². The predicted molar refractivity (Wildman–Crippen MR) is 73.2 cm³/mol. The van der Waals surface area contributed by atoms with Crippen LogP contribution < -0.4 is 10.6 Å². The molecule has 0 spiro atoms. The largest absolute Gasteiger partial charge is 0.481 e. The van der Waals surface area contributed by atoms with Crippen molar-refractivity contribution in [1.29, 1.82) is 0 Å². The molecule has 1 rings (SSSR count). The minimum absolute atomic E-state index is 0.00332. The number of carbonyl (C=O) groups excluding carboxylic acids is 2. The lowest BCUT2D eigenvalue weighted by molar-refractivity contribution is -0.138. The summed E-state index contributed by atoms with van der Waals surface area (Å²) >= 11 is 0. The average molecular weight is 278 g/mol. The first-order valence-electron chi connectivity index (χ1n) is 6.30. The normalized spacial score (nSPS) is 11.4. The Balaban J connectivity index is 2.26. The molecule has 0 saturated heterocycles. The summed E-state index contributed by atoms with van der Waals surface area (Å²) in [6.45, 7) is 1.87. The molecule has 1 unspecified atom stereocenters. The Kier molecular flexibility index (Phi) is 6.22. The third-order valence-electron chi connectivity index (χ3n) is 2.62. The quantitative estimate of drug-likeness (QED) is 0.682. The van der Waals surface area contributed by atoms with Gasteiger partial charge >= 0.3 is 5.97 Å². The third kappa shape index (κ3) is 5.99. The van der Waals surface area contributed by atoms with Gasteiger partial charge in [0, 0.05) is 18.5 Å². The molecular weight excluding hydrogens is 260 g/mol. The molecule has 0 aliphatic rings. The van der Waals surface area contributed by atoms with Crippen molar-refractivity contribution in [2.24, 2.45) is 5.92 Å². The molecule has 3 N–H and O–H groups in total. The van der Waals surface area contributed by atoms with Crippen LogP contribution in [0.3, 0.4) is 0 Å². The maximum atomic E-state index is 11.7. The van der Waals surface area contributed by atoms with Crippen LogP contribution in [0.2, 0.25) is 0 Å². The zero-order valence-electron chi connectivity index (χ0n) is 11.3. The summed E-state index contributed by atoms with van der Waals surface area (Å²) in [5.74, 6) is -1.71. The van der Waals surface area contributed by atoms with E-state index in [0.29, 0.717) is 5.56 Å². The molecule has 6 heteroatoms. The highest BCUT2D eigenvalue weighted by atomic mass is 16.4. The maximum absolute atomic E-state index is 11.7. The van der Waals surface area contributed by atoms with Gasteiger partial charge in [0.1, 0.15) is 0 Å². The monoisotopic (exact) mass is 278 g/mol. The van der Waals surface area contributed by atoms with E-state index in [2.05, 4.69) is 10.6 Å². The van der Waals surface area contributed by atoms with Crippen molar-refractivity contribution in [3.63, 3.8) is 0 Å². The molecule has 1 atom stereocenters. The number of hydrogen-bond donors (Lipinski definition) is 3. The molecule has 0 bridgehead atoms. The van der Waals surface area contributed by atoms with Crippen molar-refractivity contribution in [3.05, 3.63) is 35.9 Å². The second-order valence-corrected chi connectivity index (χ2v) is 4.56. The smallest absolute Gasteiger partial charge is 0.303 e. The molecular formula is C14H18N2O4. The number of benzene rings is 1. The first-order valence-corrected chi connectivity index (χ1v) is 6.30. The van der Waals surface area contributed by atoms with E-state index in [9.17, 15) is 14.4 Å². The van der Waals surface area contributed by atoms with Gasteiger partial charge in [-0.1, -0.05) is 25.1 Å². The van der Waals surface area contributed by atoms with Crippen LogP contribution in [0.1, 0.15) is 23.7 Å². The molecule has 2 amide bonds. The Bertz CT molecular complexity index is 473. The second kappa shape index (κ2) is 7.93. The van der Waals surface area contributed by atoms with E-state index in [1.807, 2.05) is 0 Å². The summed E-state index contributed by atoms with van der Waals surface area (Å²) in [5, 5.41) is 13.7. The number of aliphatic carboxylic acids is 1. The van der Waals surface area contributed by atoms with Crippen LogP contribution in [-0.4, -0.2) is 36.0 Å². The molecule has 0 heterocycles. The van der Waals surface area contributed by atoms with Crippen molar-refractivity contribution in [2.75, 3.05) is 13.1 Å². The molecule has 0 aliphatic carbocycles. The second-order valence-electron chi connectivity index (χ2n) is 4.56. The summed E-state index contributed by atoms with van der Waals surface area (Å²) in [7, 11) is 0. The fourth-order valence-corrected chi connectivity index (χ4v) is 1.57. The van der Waals surface area contributed by atoms with E-state index < -0.39 is 5.97 Å². The highest BCUT2D eigenvalue weighted by molar-refractivity contribution is 5.96. The van der Waals surface area contributed by atoms with Crippen LogP contribution in [0.15, 0.2) is 30.3 Å². The number of amides is 2. The first-order chi connectivity index (χ1) is 9.49. The lowest BCUT2D eigenvalue weighted by Crippen LogP contribution is -2.38. The van der Waals surface area contributed by atoms with Gasteiger partial charge in [-0.2, -0.15) is 0 Å². The van der Waals surface area contributed by atoms with Gasteiger partial charge in [-0.3, -0.25) is 14.4 Å². The lowest BCUT2D eigenvalue weighted by Gasteiger charge is -2.10. The highest BCUT2D eigenvalue weighted by Crippen LogP contribution is 1.99. The first kappa shape index (κ1) is 15.7. The summed E-state index contributed by atoms with van der Waals surface area (Å²) in [4.78, 5) is 33.6. The minimum Gasteiger partial charge on any atom is -0.481 e. The number of carboxylic acid groups (broad SMARTS) is 1. The van der Waals surface area contributed by atoms with Crippen LogP contribution in [0.4, 0.5) is 0 Å². The summed E-state index contributed by atoms with van der Waals surface area (Å²) in [5.41, 5.74) is 0.486. The molecule has 0 aliphatic heterocycles. The van der Waals surface area contributed by atoms with Crippen molar-refractivity contribution >= 4 is 17.8 Å². The third-order valence-corrected chi connectivity index (χ3v) is 2.62. The summed E-state index contributed by atoms with van der Waals surface area (Å²) < 4.78 is 0. The van der Waals surface area contributed by atoms with Crippen LogP contribution in [0.5, 0.6) is 0 Å². The zero-order valence-corrected chi connectivity index (χ0v) is 11.3. The topological polar surface area (TPSA) is 95.5 Å². The van der Waals surface area contributed by atoms with Crippen molar-refractivity contribution in [2.45, 2.75) is 13.3 Å². The van der Waals surface area contributed by atoms with E-state index >= 15 is 0 Å². The fourth-order valence-electron chi connectivity index (χ4n) is 1.57. The zero-order chi connectivity index (χ0) is 15.0. The van der Waals surface area contributed by atoms with Crippen LogP contribution >= 0.6 is 0 Å². The Morgan fingerprint density at radius 3 is 2.40 bits per heavy atom. The molecule has 0 aromatic heterocycles. The minimum atomic E-state index is -0.899. The molecule has 0 saturated carbocycles. The van der Waals surface area contributed by atoms with Gasteiger partial charge in [0.2, 0.25) is 5.91 Å². The average Bonchev–Trinajstić information content (AvgIpc) is 2.42. The van der Waals surface area contributed by atoms with Crippen molar-refractivity contribution in [1.82, 2.24) is 10.6 Å². The molecule has 1 aromatic rings. The number of hydrogen-bond acceptors (Lipinski definition) is 3. The van der Waals surface area contributed by atoms with Crippen LogP contribution in [0.25, 0.3) is 0 Å². The fraction of sp³-hybridized carbons (Fsp3) is 0.357. The van der Waals surface area contributed by atoms with E-state index in [0.717, 1.165) is 0 Å². The van der Waals surface area contributed by atoms with Crippen molar-refractivity contribution in [3.8, 4) is 0 Å². The molecule has 20 heavy (non-hydrogen) atoms. The number of rotatable bonds is 7. The Morgan fingerprint density at radius 2 is 1.80 bits per heavy atom. The maximum Gasteiger partial charge on any atom is 0.303 e. The Hall–Kier alpha value is -2.37. The van der Waals surface area contributed by atoms with Gasteiger partial charge in [-0.25, -0.2) is 0 Å². The van der Waals surface area contributed by atoms with E-state index in [-0.39, 0.29) is 37.2 Å². The predicted octanol–water partition coefficient (Wildman–Crippen LogP) is 0.643. The van der Waals surface area contributed by atoms with E-state index in [1.54, 1.807) is 37.3 Å². The summed E-state index contributed by atoms with van der Waals surface area (Å²) in [6.07, 6.45) is -0.00332. The molecule has 1 aromatic carbocycles. The highest BCUT2D eigenvalue weighted by Gasteiger charge is 2.10. The molecule has 0 radical (unpaired) electrons. The van der Waals surface area contributed by atoms with Crippen molar-refractivity contribution < 1.29 is 19.5 Å². The number of carboxylic acids is 1. The van der Waals surface area contributed by atoms with Gasteiger partial charge in [0.25, 0.3) is 5.91 Å². The standard InChI is InChI=1S/C14H18N2O4/c1-10(7-13(18)19)8-15-12(17)9-16-14(20)11-5-3-2-4-6-11/h2-6,10H,7-9H2,1H3,(H,15,17)(H,16,20)(H,18,19). The Morgan fingerprint density at radius 1 is 1.15 bits per heavy atom. The lowest BCUT2D eigenvalue weighted by atomic mass is 10.1. The van der Waals surface area contributed by atoms with E-state index in [4.69, 9.17) is 5.11 Å². The molecule has 0 fully saturated rings. The number of carbonyl (C=O) groups is 3. The summed E-state index contributed by atoms with van der Waals surface area (Å²) in [6, 6.07) is 8.59. The van der Waals surface area contributed by atoms with Gasteiger partial charge in [-0.15, -0.1) is 0 Å². The van der Waals surface area contributed by atoms with E-state index in [1.165, 1.54) is 0 Å². The SMILES string of the molecule is CC(CNC(=O)CNC(=O)c1ccccc1)CC(=O)O. The van der Waals surface area contributed by atoms with Gasteiger partial charge in [0.05, 0.1) is 6.54 Å². The van der Waals surface area contributed by atoms with Gasteiger partial charge < -0.3 is 15.7 Å². The number of nitrogens with one attached hydrogen (secondary N) is 2. The van der Waals surface area contributed by atoms with Crippen LogP contribution in [0, 0.1) is 5.92 Å².